The monoisotopic (exact) mass is 307 g/mol. The Balaban J connectivity index is 2.42. The van der Waals surface area contributed by atoms with Crippen LogP contribution in [0.25, 0.3) is 0 Å². The van der Waals surface area contributed by atoms with Gasteiger partial charge in [0.25, 0.3) is 0 Å². The molecular weight excluding hydrogens is 289 g/mol. The van der Waals surface area contributed by atoms with Crippen molar-refractivity contribution in [1.29, 1.82) is 0 Å². The Morgan fingerprint density at radius 3 is 2.68 bits per heavy atom. The first-order valence-electron chi connectivity index (χ1n) is 5.96. The van der Waals surface area contributed by atoms with E-state index in [-0.39, 0.29) is 13.2 Å². The van der Waals surface area contributed by atoms with Crippen LogP contribution in [0.5, 0.6) is 5.75 Å². The van der Waals surface area contributed by atoms with E-state index in [0.717, 1.165) is 0 Å². The lowest BCUT2D eigenvalue weighted by atomic mass is 10.1. The van der Waals surface area contributed by atoms with Gasteiger partial charge in [0.1, 0.15) is 18.5 Å². The van der Waals surface area contributed by atoms with Crippen molar-refractivity contribution in [3.63, 3.8) is 0 Å². The molecular formula is C13H19Cl2NO3. The number of aliphatic hydroxyl groups excluding tert-OH is 2. The van der Waals surface area contributed by atoms with Gasteiger partial charge < -0.3 is 20.3 Å². The predicted octanol–water partition coefficient (Wildman–Crippen LogP) is 2.09. The molecule has 0 radical (unpaired) electrons. The highest BCUT2D eigenvalue weighted by atomic mass is 35.5. The molecule has 19 heavy (non-hydrogen) atoms. The number of hydrogen-bond donors (Lipinski definition) is 3. The largest absolute Gasteiger partial charge is 0.489 e. The van der Waals surface area contributed by atoms with Gasteiger partial charge in [-0.3, -0.25) is 0 Å². The second kappa shape index (κ2) is 7.31. The zero-order valence-corrected chi connectivity index (χ0v) is 12.5. The number of benzene rings is 1. The predicted molar refractivity (Wildman–Crippen MR) is 77.1 cm³/mol. The molecule has 1 atom stereocenters. The van der Waals surface area contributed by atoms with Crippen LogP contribution in [-0.4, -0.2) is 41.6 Å². The zero-order valence-electron chi connectivity index (χ0n) is 11.0. The fourth-order valence-electron chi connectivity index (χ4n) is 1.28. The molecule has 3 N–H and O–H groups in total. The number of nitrogens with one attached hydrogen (secondary N) is 1. The van der Waals surface area contributed by atoms with Crippen molar-refractivity contribution in [1.82, 2.24) is 5.32 Å². The van der Waals surface area contributed by atoms with E-state index in [1.807, 2.05) is 13.8 Å². The molecule has 4 nitrogen and oxygen atoms in total. The maximum absolute atomic E-state index is 9.78. The van der Waals surface area contributed by atoms with Gasteiger partial charge in [0.2, 0.25) is 0 Å². The smallest absolute Gasteiger partial charge is 0.139 e. The summed E-state index contributed by atoms with van der Waals surface area (Å²) < 4.78 is 5.41. The molecule has 0 saturated heterocycles. The lowest BCUT2D eigenvalue weighted by Gasteiger charge is -2.25. The van der Waals surface area contributed by atoms with Crippen LogP contribution in [0, 0.1) is 0 Å². The van der Waals surface area contributed by atoms with E-state index in [0.29, 0.717) is 22.3 Å². The van der Waals surface area contributed by atoms with Crippen LogP contribution < -0.4 is 10.1 Å². The number of ether oxygens (including phenoxy) is 1. The molecule has 0 amide bonds. The van der Waals surface area contributed by atoms with Crippen molar-refractivity contribution in [3.05, 3.63) is 28.2 Å². The first-order valence-corrected chi connectivity index (χ1v) is 6.71. The van der Waals surface area contributed by atoms with Crippen LogP contribution in [0.3, 0.4) is 0 Å². The molecule has 1 aromatic rings. The van der Waals surface area contributed by atoms with Crippen LogP contribution >= 0.6 is 23.2 Å². The average Bonchev–Trinajstić information content (AvgIpc) is 2.37. The number of aliphatic hydroxyl groups is 2. The van der Waals surface area contributed by atoms with Crippen LogP contribution in [0.15, 0.2) is 18.2 Å². The van der Waals surface area contributed by atoms with Gasteiger partial charge in [-0.05, 0) is 26.0 Å². The van der Waals surface area contributed by atoms with Gasteiger partial charge in [0, 0.05) is 23.2 Å². The summed E-state index contributed by atoms with van der Waals surface area (Å²) in [5, 5.41) is 22.9. The van der Waals surface area contributed by atoms with Gasteiger partial charge in [0.15, 0.2) is 0 Å². The summed E-state index contributed by atoms with van der Waals surface area (Å²) in [6.45, 7) is 4.07. The normalized spacial score (nSPS) is 13.4. The van der Waals surface area contributed by atoms with Crippen molar-refractivity contribution < 1.29 is 14.9 Å². The van der Waals surface area contributed by atoms with Crippen molar-refractivity contribution in [2.75, 3.05) is 19.8 Å². The van der Waals surface area contributed by atoms with E-state index >= 15 is 0 Å². The standard InChI is InChI=1S/C13H19Cl2NO3/c1-13(2,8-17)16-6-10(18)7-19-12-5-9(14)3-4-11(12)15/h3-5,10,16-18H,6-8H2,1-2H3. The number of β-amino-alcohol motifs (C(OH)–C–C–N with tert-alkyl or cyclic N) is 1. The lowest BCUT2D eigenvalue weighted by molar-refractivity contribution is 0.0907. The van der Waals surface area contributed by atoms with Gasteiger partial charge >= 0.3 is 0 Å². The minimum Gasteiger partial charge on any atom is -0.489 e. The van der Waals surface area contributed by atoms with Gasteiger partial charge in [0.05, 0.1) is 11.6 Å². The molecule has 0 heterocycles. The summed E-state index contributed by atoms with van der Waals surface area (Å²) >= 11 is 11.8. The number of rotatable bonds is 7. The summed E-state index contributed by atoms with van der Waals surface area (Å²) in [4.78, 5) is 0. The fraction of sp³-hybridized carbons (Fsp3) is 0.538. The third kappa shape index (κ3) is 5.97. The quantitative estimate of drug-likeness (QED) is 0.722. The SMILES string of the molecule is CC(C)(CO)NCC(O)COc1cc(Cl)ccc1Cl. The molecule has 0 aromatic heterocycles. The Kier molecular flexibility index (Phi) is 6.36. The van der Waals surface area contributed by atoms with E-state index in [9.17, 15) is 5.11 Å². The third-order valence-electron chi connectivity index (χ3n) is 2.54. The summed E-state index contributed by atoms with van der Waals surface area (Å²) in [7, 11) is 0. The highest BCUT2D eigenvalue weighted by molar-refractivity contribution is 6.34. The van der Waals surface area contributed by atoms with E-state index in [1.165, 1.54) is 0 Å². The first-order chi connectivity index (χ1) is 8.84. The molecule has 0 fully saturated rings. The summed E-state index contributed by atoms with van der Waals surface area (Å²) in [6.07, 6.45) is -0.708. The molecule has 1 unspecified atom stereocenters. The number of halogens is 2. The Morgan fingerprint density at radius 2 is 2.05 bits per heavy atom. The first kappa shape index (κ1) is 16.5. The number of hydrogen-bond acceptors (Lipinski definition) is 4. The average molecular weight is 308 g/mol. The molecule has 108 valence electrons. The Bertz CT molecular complexity index is 413. The molecule has 6 heteroatoms. The molecule has 0 aliphatic rings. The van der Waals surface area contributed by atoms with Crippen LogP contribution in [0.4, 0.5) is 0 Å². The van der Waals surface area contributed by atoms with Crippen LogP contribution in [-0.2, 0) is 0 Å². The Labute approximate surface area is 123 Å². The van der Waals surface area contributed by atoms with E-state index in [2.05, 4.69) is 5.32 Å². The maximum Gasteiger partial charge on any atom is 0.139 e. The van der Waals surface area contributed by atoms with Gasteiger partial charge in [-0.15, -0.1) is 0 Å². The van der Waals surface area contributed by atoms with Crippen molar-refractivity contribution >= 4 is 23.2 Å². The van der Waals surface area contributed by atoms with E-state index in [4.69, 9.17) is 33.0 Å². The Hall–Kier alpha value is -0.520. The summed E-state index contributed by atoms with van der Waals surface area (Å²) in [5.41, 5.74) is -0.436. The van der Waals surface area contributed by atoms with Crippen molar-refractivity contribution in [2.24, 2.45) is 0 Å². The zero-order chi connectivity index (χ0) is 14.5. The van der Waals surface area contributed by atoms with E-state index < -0.39 is 11.6 Å². The van der Waals surface area contributed by atoms with Crippen molar-refractivity contribution in [3.8, 4) is 5.75 Å². The molecule has 0 spiro atoms. The summed E-state index contributed by atoms with van der Waals surface area (Å²) in [5.74, 6) is 0.439. The second-order valence-corrected chi connectivity index (χ2v) is 5.81. The van der Waals surface area contributed by atoms with Gasteiger partial charge in [-0.2, -0.15) is 0 Å². The minimum atomic E-state index is -0.708. The van der Waals surface area contributed by atoms with E-state index in [1.54, 1.807) is 18.2 Å². The molecule has 1 rings (SSSR count). The maximum atomic E-state index is 9.78. The van der Waals surface area contributed by atoms with Gasteiger partial charge in [-0.1, -0.05) is 23.2 Å². The molecule has 1 aromatic carbocycles. The van der Waals surface area contributed by atoms with Crippen molar-refractivity contribution in [2.45, 2.75) is 25.5 Å². The minimum absolute atomic E-state index is 0.0132. The van der Waals surface area contributed by atoms with Gasteiger partial charge in [-0.25, -0.2) is 0 Å². The second-order valence-electron chi connectivity index (χ2n) is 4.96. The molecule has 0 aliphatic heterocycles. The molecule has 0 saturated carbocycles. The highest BCUT2D eigenvalue weighted by Gasteiger charge is 2.17. The van der Waals surface area contributed by atoms with Crippen LogP contribution in [0.2, 0.25) is 10.0 Å². The summed E-state index contributed by atoms with van der Waals surface area (Å²) in [6, 6.07) is 4.90. The fourth-order valence-corrected chi connectivity index (χ4v) is 1.62. The molecule has 0 bridgehead atoms. The molecule has 0 aliphatic carbocycles. The van der Waals surface area contributed by atoms with Crippen LogP contribution in [0.1, 0.15) is 13.8 Å². The third-order valence-corrected chi connectivity index (χ3v) is 3.08. The highest BCUT2D eigenvalue weighted by Crippen LogP contribution is 2.27. The lowest BCUT2D eigenvalue weighted by Crippen LogP contribution is -2.47. The topological polar surface area (TPSA) is 61.7 Å². The Morgan fingerprint density at radius 1 is 1.37 bits per heavy atom.